The van der Waals surface area contributed by atoms with Gasteiger partial charge >= 0.3 is 0 Å². The molecule has 4 aromatic rings. The molecule has 30 heavy (non-hydrogen) atoms. The van der Waals surface area contributed by atoms with Crippen LogP contribution < -0.4 is 11.1 Å². The lowest BCUT2D eigenvalue weighted by molar-refractivity contribution is -0.115. The smallest absolute Gasteiger partial charge is 0.284 e. The highest BCUT2D eigenvalue weighted by Gasteiger charge is 2.15. The van der Waals surface area contributed by atoms with Gasteiger partial charge in [0.05, 0.1) is 6.42 Å². The highest BCUT2D eigenvalue weighted by molar-refractivity contribution is 5.97. The summed E-state index contributed by atoms with van der Waals surface area (Å²) >= 11 is 0. The quantitative estimate of drug-likeness (QED) is 0.457. The maximum Gasteiger partial charge on any atom is 0.284 e. The Balaban J connectivity index is 1.58. The number of rotatable bonds is 5. The number of benzene rings is 2. The van der Waals surface area contributed by atoms with Crippen molar-refractivity contribution in [2.24, 2.45) is 5.73 Å². The lowest BCUT2D eigenvalue weighted by Crippen LogP contribution is -2.15. The highest BCUT2D eigenvalue weighted by atomic mass is 19.1. The average Bonchev–Trinajstić information content (AvgIpc) is 3.30. The molecule has 0 spiro atoms. The van der Waals surface area contributed by atoms with Gasteiger partial charge in [0.2, 0.25) is 5.91 Å². The van der Waals surface area contributed by atoms with Crippen molar-refractivity contribution in [2.45, 2.75) is 20.3 Å². The highest BCUT2D eigenvalue weighted by Crippen LogP contribution is 2.28. The summed E-state index contributed by atoms with van der Waals surface area (Å²) in [4.78, 5) is 27.2. The van der Waals surface area contributed by atoms with E-state index in [2.05, 4.69) is 10.3 Å². The first-order valence-corrected chi connectivity index (χ1v) is 9.39. The van der Waals surface area contributed by atoms with Crippen molar-refractivity contribution in [3.8, 4) is 11.3 Å². The number of aromatic nitrogens is 1. The van der Waals surface area contributed by atoms with Gasteiger partial charge in [0.15, 0.2) is 5.76 Å². The number of aromatic amines is 1. The number of carbonyl (C=O) groups excluding carboxylic acids is 2. The van der Waals surface area contributed by atoms with E-state index in [9.17, 15) is 14.0 Å². The molecule has 0 radical (unpaired) electrons. The van der Waals surface area contributed by atoms with Crippen molar-refractivity contribution < 1.29 is 18.4 Å². The van der Waals surface area contributed by atoms with Gasteiger partial charge in [-0.05, 0) is 61.4 Å². The molecule has 6 nitrogen and oxygen atoms in total. The van der Waals surface area contributed by atoms with Crippen LogP contribution in [0.3, 0.4) is 0 Å². The standard InChI is InChI=1S/C23H20FN3O3/c1-12-3-4-14(20-7-8-21(30-20)23(25)29)9-19(12)27-22(28)11-16-13(2)26-18-6-5-15(24)10-17(16)18/h3-10,26H,11H2,1-2H3,(H2,25,29)(H,27,28). The van der Waals surface area contributed by atoms with Gasteiger partial charge in [-0.15, -0.1) is 0 Å². The van der Waals surface area contributed by atoms with Crippen molar-refractivity contribution in [1.29, 1.82) is 0 Å². The van der Waals surface area contributed by atoms with Crippen LogP contribution in [0.5, 0.6) is 0 Å². The number of halogens is 1. The Hall–Kier alpha value is -3.87. The number of aryl methyl sites for hydroxylation is 2. The number of anilines is 1. The molecule has 4 rings (SSSR count). The second kappa shape index (κ2) is 7.51. The molecule has 7 heteroatoms. The number of H-pyrrole nitrogens is 1. The molecule has 0 saturated heterocycles. The largest absolute Gasteiger partial charge is 0.451 e. The Kier molecular flexibility index (Phi) is 4.87. The maximum atomic E-state index is 13.7. The minimum absolute atomic E-state index is 0.0678. The molecular formula is C23H20FN3O3. The van der Waals surface area contributed by atoms with E-state index < -0.39 is 5.91 Å². The number of hydrogen-bond acceptors (Lipinski definition) is 3. The minimum atomic E-state index is -0.646. The van der Waals surface area contributed by atoms with Crippen molar-refractivity contribution >= 4 is 28.4 Å². The molecule has 2 aromatic carbocycles. The van der Waals surface area contributed by atoms with Gasteiger partial charge < -0.3 is 20.5 Å². The van der Waals surface area contributed by atoms with E-state index in [1.807, 2.05) is 26.0 Å². The van der Waals surface area contributed by atoms with Gasteiger partial charge in [-0.25, -0.2) is 4.39 Å². The van der Waals surface area contributed by atoms with Crippen molar-refractivity contribution in [1.82, 2.24) is 4.98 Å². The predicted octanol–water partition coefficient (Wildman–Crippen LogP) is 4.46. The van der Waals surface area contributed by atoms with Gasteiger partial charge in [-0.2, -0.15) is 0 Å². The van der Waals surface area contributed by atoms with E-state index in [0.29, 0.717) is 22.4 Å². The summed E-state index contributed by atoms with van der Waals surface area (Å²) in [7, 11) is 0. The van der Waals surface area contributed by atoms with Gasteiger partial charge in [0.25, 0.3) is 5.91 Å². The summed E-state index contributed by atoms with van der Waals surface area (Å²) < 4.78 is 19.1. The fourth-order valence-corrected chi connectivity index (χ4v) is 3.47. The fourth-order valence-electron chi connectivity index (χ4n) is 3.47. The summed E-state index contributed by atoms with van der Waals surface area (Å²) in [6, 6.07) is 13.1. The number of nitrogens with two attached hydrogens (primary N) is 1. The average molecular weight is 405 g/mol. The molecule has 0 aliphatic rings. The number of hydrogen-bond donors (Lipinski definition) is 3. The normalized spacial score (nSPS) is 11.0. The Bertz CT molecular complexity index is 1290. The molecule has 0 unspecified atom stereocenters. The number of fused-ring (bicyclic) bond motifs is 1. The van der Waals surface area contributed by atoms with E-state index in [1.165, 1.54) is 18.2 Å². The van der Waals surface area contributed by atoms with Crippen LogP contribution in [0.15, 0.2) is 52.9 Å². The SMILES string of the molecule is Cc1ccc(-c2ccc(C(N)=O)o2)cc1NC(=O)Cc1c(C)[nH]c2ccc(F)cc12. The first-order chi connectivity index (χ1) is 14.3. The van der Waals surface area contributed by atoms with Crippen LogP contribution in [-0.2, 0) is 11.2 Å². The number of carbonyl (C=O) groups is 2. The fraction of sp³-hybridized carbons (Fsp3) is 0.130. The van der Waals surface area contributed by atoms with E-state index in [-0.39, 0.29) is 23.9 Å². The number of amides is 2. The summed E-state index contributed by atoms with van der Waals surface area (Å²) in [6.07, 6.45) is 0.103. The molecule has 2 heterocycles. The van der Waals surface area contributed by atoms with Gasteiger partial charge in [-0.3, -0.25) is 9.59 Å². The van der Waals surface area contributed by atoms with Gasteiger partial charge in [-0.1, -0.05) is 12.1 Å². The summed E-state index contributed by atoms with van der Waals surface area (Å²) in [5.41, 5.74) is 9.80. The number of primary amides is 1. The molecular weight excluding hydrogens is 385 g/mol. The Morgan fingerprint density at radius 3 is 2.63 bits per heavy atom. The van der Waals surface area contributed by atoms with Gasteiger partial charge in [0.1, 0.15) is 11.6 Å². The molecule has 0 aliphatic heterocycles. The second-order valence-corrected chi connectivity index (χ2v) is 7.20. The first kappa shape index (κ1) is 19.4. The van der Waals surface area contributed by atoms with E-state index in [0.717, 1.165) is 22.3 Å². The van der Waals surface area contributed by atoms with E-state index in [4.69, 9.17) is 10.2 Å². The third kappa shape index (κ3) is 3.69. The zero-order valence-corrected chi connectivity index (χ0v) is 16.5. The van der Waals surface area contributed by atoms with E-state index >= 15 is 0 Å². The van der Waals surface area contributed by atoms with Crippen LogP contribution in [0.1, 0.15) is 27.4 Å². The summed E-state index contributed by atoms with van der Waals surface area (Å²) in [5, 5.41) is 3.61. The minimum Gasteiger partial charge on any atom is -0.451 e. The summed E-state index contributed by atoms with van der Waals surface area (Å²) in [5.74, 6) is -0.672. The van der Waals surface area contributed by atoms with Crippen LogP contribution in [0.2, 0.25) is 0 Å². The van der Waals surface area contributed by atoms with Gasteiger partial charge in [0, 0.05) is 27.8 Å². The van der Waals surface area contributed by atoms with Crippen LogP contribution in [0.25, 0.3) is 22.2 Å². The molecule has 0 aliphatic carbocycles. The molecule has 0 bridgehead atoms. The molecule has 2 amide bonds. The molecule has 152 valence electrons. The van der Waals surface area contributed by atoms with Crippen LogP contribution in [0.4, 0.5) is 10.1 Å². The van der Waals surface area contributed by atoms with Crippen molar-refractivity contribution in [3.05, 3.63) is 76.9 Å². The summed E-state index contributed by atoms with van der Waals surface area (Å²) in [6.45, 7) is 3.74. The number of nitrogens with one attached hydrogen (secondary N) is 2. The van der Waals surface area contributed by atoms with Crippen molar-refractivity contribution in [3.63, 3.8) is 0 Å². The van der Waals surface area contributed by atoms with Crippen LogP contribution >= 0.6 is 0 Å². The lowest BCUT2D eigenvalue weighted by Gasteiger charge is -2.10. The Morgan fingerprint density at radius 1 is 1.10 bits per heavy atom. The lowest BCUT2D eigenvalue weighted by atomic mass is 10.1. The molecule has 0 fully saturated rings. The zero-order valence-electron chi connectivity index (χ0n) is 16.5. The number of furan rings is 1. The Labute approximate surface area is 171 Å². The third-order valence-corrected chi connectivity index (χ3v) is 5.06. The third-order valence-electron chi connectivity index (χ3n) is 5.06. The van der Waals surface area contributed by atoms with Crippen LogP contribution in [-0.4, -0.2) is 16.8 Å². The molecule has 2 aromatic heterocycles. The van der Waals surface area contributed by atoms with E-state index in [1.54, 1.807) is 18.2 Å². The monoisotopic (exact) mass is 405 g/mol. The second-order valence-electron chi connectivity index (χ2n) is 7.20. The first-order valence-electron chi connectivity index (χ1n) is 9.39. The molecule has 0 atom stereocenters. The molecule has 0 saturated carbocycles. The Morgan fingerprint density at radius 2 is 1.90 bits per heavy atom. The predicted molar refractivity (Wildman–Crippen MR) is 113 cm³/mol. The topological polar surface area (TPSA) is 101 Å². The van der Waals surface area contributed by atoms with Crippen LogP contribution in [0, 0.1) is 19.7 Å². The zero-order chi connectivity index (χ0) is 21.4. The molecule has 4 N–H and O–H groups in total. The maximum absolute atomic E-state index is 13.7. The van der Waals surface area contributed by atoms with Crippen molar-refractivity contribution in [2.75, 3.05) is 5.32 Å².